The van der Waals surface area contributed by atoms with Gasteiger partial charge in [-0.25, -0.2) is 0 Å². The van der Waals surface area contributed by atoms with Crippen LogP contribution < -0.4 is 25.8 Å². The molecule has 0 aliphatic carbocycles. The molecule has 3 aromatic rings. The minimum absolute atomic E-state index is 0.0620. The monoisotopic (exact) mass is 545 g/mol. The first kappa shape index (κ1) is 28.9. The van der Waals surface area contributed by atoms with Crippen molar-refractivity contribution >= 4 is 28.7 Å². The van der Waals surface area contributed by atoms with Gasteiger partial charge in [0.25, 0.3) is 0 Å². The highest BCUT2D eigenvalue weighted by Gasteiger charge is 2.18. The highest BCUT2D eigenvalue weighted by atomic mass is 16.5. The fraction of sp³-hybridized carbons (Fsp3) is 0.235. The SMILES string of the molecule is CCN(CCCCCCOc1cc(N)ccc1N)c1ccc(/C=C/C2=CC(=C(C#N)C#N)c3ccccc3O2)cc1. The quantitative estimate of drug-likeness (QED) is 0.141. The lowest BCUT2D eigenvalue weighted by atomic mass is 9.97. The lowest BCUT2D eigenvalue weighted by Gasteiger charge is -2.23. The molecule has 0 saturated carbocycles. The van der Waals surface area contributed by atoms with Crippen LogP contribution >= 0.6 is 0 Å². The van der Waals surface area contributed by atoms with Gasteiger partial charge in [-0.2, -0.15) is 10.5 Å². The summed E-state index contributed by atoms with van der Waals surface area (Å²) in [6, 6.07) is 25.1. The van der Waals surface area contributed by atoms with Gasteiger partial charge in [0.2, 0.25) is 0 Å². The molecule has 1 aliphatic heterocycles. The van der Waals surface area contributed by atoms with Gasteiger partial charge < -0.3 is 25.8 Å². The first-order valence-corrected chi connectivity index (χ1v) is 13.9. The van der Waals surface area contributed by atoms with Crippen molar-refractivity contribution in [2.45, 2.75) is 32.6 Å². The number of nitrogens with zero attached hydrogens (tertiary/aromatic N) is 3. The number of fused-ring (bicyclic) bond motifs is 1. The van der Waals surface area contributed by atoms with Crippen LogP contribution in [0.1, 0.15) is 43.7 Å². The van der Waals surface area contributed by atoms with Gasteiger partial charge >= 0.3 is 0 Å². The van der Waals surface area contributed by atoms with E-state index in [0.717, 1.165) is 49.9 Å². The Labute approximate surface area is 242 Å². The van der Waals surface area contributed by atoms with Crippen LogP contribution in [0.2, 0.25) is 0 Å². The molecule has 0 radical (unpaired) electrons. The highest BCUT2D eigenvalue weighted by molar-refractivity contribution is 5.87. The fourth-order valence-electron chi connectivity index (χ4n) is 4.65. The third-order valence-corrected chi connectivity index (χ3v) is 6.88. The van der Waals surface area contributed by atoms with Crippen LogP contribution in [-0.4, -0.2) is 19.7 Å². The van der Waals surface area contributed by atoms with Gasteiger partial charge in [-0.3, -0.25) is 0 Å². The predicted octanol–water partition coefficient (Wildman–Crippen LogP) is 7.11. The van der Waals surface area contributed by atoms with E-state index in [1.54, 1.807) is 24.3 Å². The van der Waals surface area contributed by atoms with Crippen LogP contribution in [0.15, 0.2) is 90.2 Å². The molecule has 0 spiro atoms. The first-order valence-electron chi connectivity index (χ1n) is 13.9. The summed E-state index contributed by atoms with van der Waals surface area (Å²) >= 11 is 0. The van der Waals surface area contributed by atoms with E-state index < -0.39 is 0 Å². The predicted molar refractivity (Wildman–Crippen MR) is 166 cm³/mol. The molecule has 1 heterocycles. The van der Waals surface area contributed by atoms with Gasteiger partial charge in [0.15, 0.2) is 0 Å². The van der Waals surface area contributed by atoms with E-state index in [0.29, 0.717) is 40.8 Å². The lowest BCUT2D eigenvalue weighted by Crippen LogP contribution is -2.23. The number of rotatable bonds is 12. The molecule has 4 rings (SSSR count). The van der Waals surface area contributed by atoms with Crippen LogP contribution in [0.3, 0.4) is 0 Å². The Kier molecular flexibility index (Phi) is 10.1. The van der Waals surface area contributed by atoms with Crippen molar-refractivity contribution in [1.29, 1.82) is 10.5 Å². The summed E-state index contributed by atoms with van der Waals surface area (Å²) in [4.78, 5) is 2.38. The number of nitriles is 2. The number of hydrogen-bond donors (Lipinski definition) is 2. The zero-order valence-electron chi connectivity index (χ0n) is 23.3. The molecule has 3 aromatic carbocycles. The molecule has 208 valence electrons. The number of nitrogen functional groups attached to an aromatic ring is 2. The minimum Gasteiger partial charge on any atom is -0.491 e. The highest BCUT2D eigenvalue weighted by Crippen LogP contribution is 2.35. The maximum Gasteiger partial charge on any atom is 0.144 e. The van der Waals surface area contributed by atoms with Crippen molar-refractivity contribution in [1.82, 2.24) is 0 Å². The van der Waals surface area contributed by atoms with Gasteiger partial charge in [-0.1, -0.05) is 49.2 Å². The second-order valence-electron chi connectivity index (χ2n) is 9.72. The van der Waals surface area contributed by atoms with Crippen molar-refractivity contribution < 1.29 is 9.47 Å². The molecule has 0 amide bonds. The third-order valence-electron chi connectivity index (χ3n) is 6.88. The second kappa shape index (κ2) is 14.3. The average molecular weight is 546 g/mol. The number of ether oxygens (including phenoxy) is 2. The number of para-hydroxylation sites is 1. The molecule has 0 saturated heterocycles. The van der Waals surface area contributed by atoms with Gasteiger partial charge in [0, 0.05) is 41.7 Å². The van der Waals surface area contributed by atoms with Crippen molar-refractivity contribution in [3.8, 4) is 23.6 Å². The Morgan fingerprint density at radius 1 is 0.927 bits per heavy atom. The Bertz CT molecular complexity index is 1510. The number of anilines is 3. The summed E-state index contributed by atoms with van der Waals surface area (Å²) in [5.41, 5.74) is 16.6. The maximum atomic E-state index is 9.41. The van der Waals surface area contributed by atoms with E-state index in [-0.39, 0.29) is 5.57 Å². The zero-order valence-corrected chi connectivity index (χ0v) is 23.3. The molecule has 0 aromatic heterocycles. The van der Waals surface area contributed by atoms with Crippen molar-refractivity contribution in [3.63, 3.8) is 0 Å². The molecule has 0 fully saturated rings. The molecular weight excluding hydrogens is 510 g/mol. The maximum absolute atomic E-state index is 9.41. The van der Waals surface area contributed by atoms with Crippen LogP contribution in [0.25, 0.3) is 11.6 Å². The fourth-order valence-corrected chi connectivity index (χ4v) is 4.65. The van der Waals surface area contributed by atoms with Crippen LogP contribution in [0, 0.1) is 22.7 Å². The summed E-state index contributed by atoms with van der Waals surface area (Å²) in [7, 11) is 0. The number of nitrogens with two attached hydrogens (primary N) is 2. The number of unbranched alkanes of at least 4 members (excludes halogenated alkanes) is 3. The van der Waals surface area contributed by atoms with Crippen LogP contribution in [0.4, 0.5) is 17.1 Å². The first-order chi connectivity index (χ1) is 20.0. The van der Waals surface area contributed by atoms with E-state index in [1.807, 2.05) is 48.6 Å². The Morgan fingerprint density at radius 2 is 1.68 bits per heavy atom. The normalized spacial score (nSPS) is 12.1. The molecular formula is C34H35N5O2. The average Bonchev–Trinajstić information content (AvgIpc) is 3.00. The van der Waals surface area contributed by atoms with Crippen molar-refractivity contribution in [3.05, 3.63) is 101 Å². The Morgan fingerprint density at radius 3 is 2.44 bits per heavy atom. The molecule has 41 heavy (non-hydrogen) atoms. The lowest BCUT2D eigenvalue weighted by molar-refractivity contribution is 0.306. The molecule has 7 nitrogen and oxygen atoms in total. The van der Waals surface area contributed by atoms with E-state index in [1.165, 1.54) is 5.69 Å². The molecule has 0 bridgehead atoms. The van der Waals surface area contributed by atoms with Crippen molar-refractivity contribution in [2.24, 2.45) is 0 Å². The van der Waals surface area contributed by atoms with Crippen LogP contribution in [0.5, 0.6) is 11.5 Å². The molecule has 4 N–H and O–H groups in total. The Balaban J connectivity index is 1.27. The zero-order chi connectivity index (χ0) is 29.0. The van der Waals surface area contributed by atoms with Crippen LogP contribution in [-0.2, 0) is 0 Å². The number of hydrogen-bond acceptors (Lipinski definition) is 7. The van der Waals surface area contributed by atoms with Gasteiger partial charge in [0.05, 0.1) is 12.3 Å². The number of benzene rings is 3. The summed E-state index contributed by atoms with van der Waals surface area (Å²) in [6.45, 7) is 4.72. The topological polar surface area (TPSA) is 121 Å². The van der Waals surface area contributed by atoms with E-state index in [9.17, 15) is 10.5 Å². The minimum atomic E-state index is 0.0620. The summed E-state index contributed by atoms with van der Waals surface area (Å²) in [6.07, 6.45) is 9.86. The van der Waals surface area contributed by atoms with Gasteiger partial charge in [-0.15, -0.1) is 0 Å². The van der Waals surface area contributed by atoms with E-state index >= 15 is 0 Å². The van der Waals surface area contributed by atoms with E-state index in [2.05, 4.69) is 36.1 Å². The number of allylic oxidation sites excluding steroid dienone is 4. The molecule has 1 aliphatic rings. The van der Waals surface area contributed by atoms with Gasteiger partial charge in [0.1, 0.15) is 35.0 Å². The summed E-state index contributed by atoms with van der Waals surface area (Å²) in [5, 5.41) is 18.8. The molecule has 0 unspecified atom stereocenters. The summed E-state index contributed by atoms with van der Waals surface area (Å²) < 4.78 is 11.8. The summed E-state index contributed by atoms with van der Waals surface area (Å²) in [5.74, 6) is 1.85. The largest absolute Gasteiger partial charge is 0.491 e. The smallest absolute Gasteiger partial charge is 0.144 e. The van der Waals surface area contributed by atoms with Gasteiger partial charge in [-0.05, 0) is 67.8 Å². The molecule has 7 heteroatoms. The standard InChI is InChI=1S/C34H35N5O2/c1-2-39(19-7-3-4-8-20-40-34-21-27(37)14-18-32(34)38)28-15-11-25(12-16-28)13-17-29-22-31(26(23-35)24-36)30-9-5-6-10-33(30)41-29/h5-6,9-18,21-22H,2-4,7-8,19-20,37-38H2,1H3/b17-13+. The van der Waals surface area contributed by atoms with E-state index in [4.69, 9.17) is 20.9 Å². The van der Waals surface area contributed by atoms with Crippen molar-refractivity contribution in [2.75, 3.05) is 36.1 Å². The second-order valence-corrected chi connectivity index (χ2v) is 9.72. The Hall–Kier alpha value is -5.14. The third kappa shape index (κ3) is 7.71. The molecule has 0 atom stereocenters.